The van der Waals surface area contributed by atoms with Crippen molar-refractivity contribution in [1.29, 1.82) is 0 Å². The maximum atomic E-state index is 13.7. The predicted octanol–water partition coefficient (Wildman–Crippen LogP) is 3.80. The molecule has 0 saturated heterocycles. The largest absolute Gasteiger partial charge is 0.497 e. The van der Waals surface area contributed by atoms with Gasteiger partial charge in [0.25, 0.3) is 0 Å². The van der Waals surface area contributed by atoms with Crippen LogP contribution in [0.3, 0.4) is 0 Å². The number of rotatable bonds is 1. The number of allylic oxidation sites excluding steroid dienone is 1. The molecule has 21 heavy (non-hydrogen) atoms. The number of Topliss-reactive ketones (excluding diaryl/α,β-unsaturated/α-hetero) is 1. The first kappa shape index (κ1) is 14.2. The average molecular weight is 296 g/mol. The number of aryl methyl sites for hydroxylation is 1. The summed E-state index contributed by atoms with van der Waals surface area (Å²) < 4.78 is 46.3. The standard InChI is InChI=1S/C16H15F3O2/c1-9-14(20)8-13-12-4-3-11(21-2)7-10(12)5-6-15(9,13)16(17,18)19/h3-4,7,13H,1,5-6,8H2,2H3/t13-,15+/m1/s1. The number of methoxy groups -OCH3 is 1. The molecule has 1 aromatic carbocycles. The lowest BCUT2D eigenvalue weighted by atomic mass is 9.64. The van der Waals surface area contributed by atoms with Crippen LogP contribution in [0.1, 0.15) is 29.9 Å². The molecule has 3 rings (SSSR count). The van der Waals surface area contributed by atoms with Gasteiger partial charge in [0.15, 0.2) is 5.78 Å². The van der Waals surface area contributed by atoms with Crippen LogP contribution in [-0.2, 0) is 11.2 Å². The number of hydrogen-bond acceptors (Lipinski definition) is 2. The first-order valence-electron chi connectivity index (χ1n) is 6.77. The summed E-state index contributed by atoms with van der Waals surface area (Å²) in [5, 5.41) is 0. The third kappa shape index (κ3) is 1.76. The van der Waals surface area contributed by atoms with Crippen LogP contribution in [0.25, 0.3) is 0 Å². The number of carbonyl (C=O) groups is 1. The molecule has 0 spiro atoms. The lowest BCUT2D eigenvalue weighted by Crippen LogP contribution is -2.44. The van der Waals surface area contributed by atoms with Crippen LogP contribution in [0.5, 0.6) is 5.75 Å². The van der Waals surface area contributed by atoms with Crippen molar-refractivity contribution in [2.45, 2.75) is 31.4 Å². The Morgan fingerprint density at radius 1 is 1.38 bits per heavy atom. The molecule has 112 valence electrons. The molecule has 0 unspecified atom stereocenters. The van der Waals surface area contributed by atoms with Crippen molar-refractivity contribution in [2.24, 2.45) is 5.41 Å². The smallest absolute Gasteiger partial charge is 0.399 e. The van der Waals surface area contributed by atoms with Gasteiger partial charge in [0, 0.05) is 17.9 Å². The average Bonchev–Trinajstić information content (AvgIpc) is 2.71. The number of halogens is 3. The molecule has 2 aliphatic carbocycles. The van der Waals surface area contributed by atoms with Crippen molar-refractivity contribution in [3.8, 4) is 5.75 Å². The number of ether oxygens (including phenoxy) is 1. The monoisotopic (exact) mass is 296 g/mol. The fourth-order valence-corrected chi connectivity index (χ4v) is 3.75. The van der Waals surface area contributed by atoms with Gasteiger partial charge < -0.3 is 4.74 Å². The molecule has 1 fully saturated rings. The molecule has 2 atom stereocenters. The number of hydrogen-bond donors (Lipinski definition) is 0. The lowest BCUT2D eigenvalue weighted by molar-refractivity contribution is -0.217. The second-order valence-corrected chi connectivity index (χ2v) is 5.69. The van der Waals surface area contributed by atoms with Crippen molar-refractivity contribution in [3.63, 3.8) is 0 Å². The van der Waals surface area contributed by atoms with E-state index in [-0.39, 0.29) is 24.8 Å². The molecule has 2 aliphatic rings. The fourth-order valence-electron chi connectivity index (χ4n) is 3.75. The summed E-state index contributed by atoms with van der Waals surface area (Å²) in [5.74, 6) is -0.704. The molecule has 0 radical (unpaired) electrons. The zero-order chi connectivity index (χ0) is 15.4. The molecule has 0 aromatic heterocycles. The van der Waals surface area contributed by atoms with Crippen molar-refractivity contribution in [3.05, 3.63) is 41.5 Å². The van der Waals surface area contributed by atoms with E-state index in [1.54, 1.807) is 18.2 Å². The van der Waals surface area contributed by atoms with E-state index in [0.717, 1.165) is 5.56 Å². The second-order valence-electron chi connectivity index (χ2n) is 5.69. The molecule has 1 saturated carbocycles. The predicted molar refractivity (Wildman–Crippen MR) is 71.3 cm³/mol. The van der Waals surface area contributed by atoms with Gasteiger partial charge in [0.2, 0.25) is 0 Å². The molecule has 0 bridgehead atoms. The minimum absolute atomic E-state index is 0.113. The van der Waals surface area contributed by atoms with E-state index in [0.29, 0.717) is 11.3 Å². The summed E-state index contributed by atoms with van der Waals surface area (Å²) in [7, 11) is 1.52. The van der Waals surface area contributed by atoms with E-state index in [1.165, 1.54) is 7.11 Å². The maximum absolute atomic E-state index is 13.7. The Morgan fingerprint density at radius 3 is 2.71 bits per heavy atom. The Morgan fingerprint density at radius 2 is 2.10 bits per heavy atom. The summed E-state index contributed by atoms with van der Waals surface area (Å²) in [5.41, 5.74) is -0.930. The van der Waals surface area contributed by atoms with Gasteiger partial charge in [-0.2, -0.15) is 13.2 Å². The molecule has 0 N–H and O–H groups in total. The summed E-state index contributed by atoms with van der Waals surface area (Å²) >= 11 is 0. The Bertz CT molecular complexity index is 633. The highest BCUT2D eigenvalue weighted by atomic mass is 19.4. The first-order valence-corrected chi connectivity index (χ1v) is 6.77. The summed E-state index contributed by atoms with van der Waals surface area (Å²) in [4.78, 5) is 11.9. The minimum atomic E-state index is -4.46. The molecular formula is C16H15F3O2. The topological polar surface area (TPSA) is 26.3 Å². The molecule has 1 aromatic rings. The van der Waals surface area contributed by atoms with E-state index in [4.69, 9.17) is 4.74 Å². The summed E-state index contributed by atoms with van der Waals surface area (Å²) in [6.07, 6.45) is -4.42. The van der Waals surface area contributed by atoms with Crippen LogP contribution in [0, 0.1) is 5.41 Å². The Kier molecular flexibility index (Phi) is 2.94. The van der Waals surface area contributed by atoms with Crippen molar-refractivity contribution < 1.29 is 22.7 Å². The first-order chi connectivity index (χ1) is 9.81. The fraction of sp³-hybridized carbons (Fsp3) is 0.438. The van der Waals surface area contributed by atoms with E-state index >= 15 is 0 Å². The summed E-state index contributed by atoms with van der Waals surface area (Å²) in [6, 6.07) is 5.07. The highest BCUT2D eigenvalue weighted by Crippen LogP contribution is 2.64. The van der Waals surface area contributed by atoms with Crippen LogP contribution in [0.4, 0.5) is 13.2 Å². The number of ketones is 1. The number of benzene rings is 1. The molecule has 0 amide bonds. The zero-order valence-corrected chi connectivity index (χ0v) is 11.6. The van der Waals surface area contributed by atoms with Crippen LogP contribution in [0.2, 0.25) is 0 Å². The van der Waals surface area contributed by atoms with Gasteiger partial charge in [-0.3, -0.25) is 4.79 Å². The molecule has 2 nitrogen and oxygen atoms in total. The minimum Gasteiger partial charge on any atom is -0.497 e. The van der Waals surface area contributed by atoms with Crippen molar-refractivity contribution >= 4 is 5.78 Å². The highest BCUT2D eigenvalue weighted by molar-refractivity contribution is 6.00. The van der Waals surface area contributed by atoms with Gasteiger partial charge in [0.05, 0.1) is 7.11 Å². The SMILES string of the molecule is C=C1C(=O)C[C@@H]2c3ccc(OC)cc3CC[C@]12C(F)(F)F. The van der Waals surface area contributed by atoms with Crippen LogP contribution in [0.15, 0.2) is 30.4 Å². The van der Waals surface area contributed by atoms with Crippen LogP contribution >= 0.6 is 0 Å². The molecule has 0 aliphatic heterocycles. The van der Waals surface area contributed by atoms with E-state index < -0.39 is 23.3 Å². The van der Waals surface area contributed by atoms with Crippen molar-refractivity contribution in [2.75, 3.05) is 7.11 Å². The Hall–Kier alpha value is -1.78. The molecule has 5 heteroatoms. The van der Waals surface area contributed by atoms with Gasteiger partial charge >= 0.3 is 6.18 Å². The van der Waals surface area contributed by atoms with E-state index in [2.05, 4.69) is 6.58 Å². The maximum Gasteiger partial charge on any atom is 0.399 e. The zero-order valence-electron chi connectivity index (χ0n) is 11.6. The van der Waals surface area contributed by atoms with Gasteiger partial charge in [-0.25, -0.2) is 0 Å². The third-order valence-electron chi connectivity index (χ3n) is 4.88. The van der Waals surface area contributed by atoms with Crippen molar-refractivity contribution in [1.82, 2.24) is 0 Å². The quantitative estimate of drug-likeness (QED) is 0.737. The number of carbonyl (C=O) groups excluding carboxylic acids is 1. The Labute approximate surface area is 120 Å². The van der Waals surface area contributed by atoms with Crippen LogP contribution < -0.4 is 4.74 Å². The molecular weight excluding hydrogens is 281 g/mol. The number of alkyl halides is 3. The Balaban J connectivity index is 2.17. The van der Waals surface area contributed by atoms with Crippen LogP contribution in [-0.4, -0.2) is 19.1 Å². The third-order valence-corrected chi connectivity index (χ3v) is 4.88. The molecule has 0 heterocycles. The van der Waals surface area contributed by atoms with Gasteiger partial charge in [0.1, 0.15) is 11.2 Å². The van der Waals surface area contributed by atoms with Gasteiger partial charge in [-0.1, -0.05) is 12.6 Å². The van der Waals surface area contributed by atoms with Gasteiger partial charge in [-0.05, 0) is 36.1 Å². The second kappa shape index (κ2) is 4.36. The lowest BCUT2D eigenvalue weighted by Gasteiger charge is -2.42. The normalized spacial score (nSPS) is 28.3. The van der Waals surface area contributed by atoms with E-state index in [1.807, 2.05) is 0 Å². The highest BCUT2D eigenvalue weighted by Gasteiger charge is 2.66. The van der Waals surface area contributed by atoms with Gasteiger partial charge in [-0.15, -0.1) is 0 Å². The van der Waals surface area contributed by atoms with E-state index in [9.17, 15) is 18.0 Å². The summed E-state index contributed by atoms with van der Waals surface area (Å²) in [6.45, 7) is 3.47. The number of fused-ring (bicyclic) bond motifs is 3.